The van der Waals surface area contributed by atoms with E-state index in [0.29, 0.717) is 124 Å². The van der Waals surface area contributed by atoms with Crippen molar-refractivity contribution in [1.29, 1.82) is 0 Å². The molecule has 10 heterocycles. The molecular weight excluding hydrogens is 1140 g/mol. The first-order valence-electron chi connectivity index (χ1n) is 29.8. The lowest BCUT2D eigenvalue weighted by Crippen LogP contribution is -2.44. The Morgan fingerprint density at radius 2 is 0.637 bits per heavy atom. The van der Waals surface area contributed by atoms with Gasteiger partial charge >= 0.3 is 7.66 Å². The van der Waals surface area contributed by atoms with Gasteiger partial charge in [0.1, 0.15) is 5.75 Å². The lowest BCUT2D eigenvalue weighted by molar-refractivity contribution is 0.00436. The van der Waals surface area contributed by atoms with E-state index in [1.165, 1.54) is 0 Å². The minimum atomic E-state index is -3.64. The van der Waals surface area contributed by atoms with Crippen LogP contribution >= 0.6 is 45.4 Å². The van der Waals surface area contributed by atoms with Gasteiger partial charge in [-0.05, 0) is 87.1 Å². The minimum Gasteiger partial charge on any atom is -0.422 e. The first-order valence-corrected chi connectivity index (χ1v) is 39.2. The number of hydrogen-bond donors (Lipinski definition) is 0. The molecule has 30 heteroatoms. The number of fused-ring (bicyclic) bond motifs is 3. The summed E-state index contributed by atoms with van der Waals surface area (Å²) in [5, 5.41) is 2.18. The van der Waals surface area contributed by atoms with Gasteiger partial charge in [0.25, 0.3) is 22.7 Å². The van der Waals surface area contributed by atoms with Crippen LogP contribution in [0.1, 0.15) is 64.2 Å². The predicted octanol–water partition coefficient (Wildman–Crippen LogP) is 11.2. The molecule has 24 nitrogen and oxygen atoms in total. The lowest BCUT2D eigenvalue weighted by atomic mass is 10.1. The average molecular weight is 1230 g/mol. The van der Waals surface area contributed by atoms with Gasteiger partial charge in [0.15, 0.2) is 0 Å². The van der Waals surface area contributed by atoms with Gasteiger partial charge in [0.05, 0.1) is 106 Å². The molecule has 80 heavy (non-hydrogen) atoms. The van der Waals surface area contributed by atoms with Crippen LogP contribution in [0, 0.1) is 0 Å². The summed E-state index contributed by atoms with van der Waals surface area (Å²) in [6, 6.07) is 14.6. The molecule has 0 aliphatic carbocycles. The molecular formula is C50H87N13O11P6. The van der Waals surface area contributed by atoms with Crippen LogP contribution in [0.2, 0.25) is 0 Å². The Morgan fingerprint density at radius 3 is 1.07 bits per heavy atom. The third-order valence-corrected chi connectivity index (χ3v) is 37.9. The van der Waals surface area contributed by atoms with Crippen molar-refractivity contribution in [2.24, 2.45) is 27.1 Å². The first-order chi connectivity index (χ1) is 39.4. The minimum absolute atomic E-state index is 0.218. The van der Waals surface area contributed by atoms with Crippen molar-refractivity contribution >= 4 is 56.2 Å². The molecule has 4 bridgehead atoms. The van der Waals surface area contributed by atoms with E-state index in [2.05, 4.69) is 69.1 Å². The van der Waals surface area contributed by atoms with Crippen LogP contribution in [0.5, 0.6) is 5.75 Å². The molecule has 4 atom stereocenters. The lowest BCUT2D eigenvalue weighted by Gasteiger charge is -2.49. The zero-order valence-corrected chi connectivity index (χ0v) is 52.2. The van der Waals surface area contributed by atoms with E-state index in [0.717, 1.165) is 140 Å². The second-order valence-corrected chi connectivity index (χ2v) is 37.1. The first kappa shape index (κ1) is 59.5. The number of ether oxygens (including phenoxy) is 6. The van der Waals surface area contributed by atoms with Crippen LogP contribution in [0.15, 0.2) is 69.6 Å². The van der Waals surface area contributed by atoms with Gasteiger partial charge in [-0.3, -0.25) is 4.52 Å². The zero-order valence-electron chi connectivity index (χ0n) is 46.8. The van der Waals surface area contributed by atoms with Gasteiger partial charge in [0, 0.05) is 91.6 Å². The van der Waals surface area contributed by atoms with Crippen LogP contribution in [0.3, 0.4) is 0 Å². The number of nitrogens with zero attached hydrogens (tertiary/aromatic N) is 13. The predicted molar refractivity (Wildman–Crippen MR) is 317 cm³/mol. The topological polar surface area (TPSA) is 198 Å². The molecule has 0 amide bonds. The highest BCUT2D eigenvalue weighted by molar-refractivity contribution is 7.82. The quantitative estimate of drug-likeness (QED) is 0.215. The molecule has 2 aromatic carbocycles. The summed E-state index contributed by atoms with van der Waals surface area (Å²) < 4.78 is 128. The fourth-order valence-electron chi connectivity index (χ4n) is 12.0. The van der Waals surface area contributed by atoms with Gasteiger partial charge in [-0.2, -0.15) is 22.6 Å². The maximum absolute atomic E-state index is 7.53. The smallest absolute Gasteiger partial charge is 0.400 e. The molecule has 448 valence electrons. The fourth-order valence-corrected chi connectivity index (χ4v) is 38.9. The van der Waals surface area contributed by atoms with Crippen molar-refractivity contribution < 1.29 is 51.0 Å². The molecule has 6 saturated heterocycles. The second kappa shape index (κ2) is 27.9. The molecule has 6 fully saturated rings. The zero-order chi connectivity index (χ0) is 54.0. The van der Waals surface area contributed by atoms with Crippen LogP contribution in [0.4, 0.5) is 0 Å². The third kappa shape index (κ3) is 13.4. The number of benzene rings is 2. The maximum Gasteiger partial charge on any atom is 0.400 e. The third-order valence-electron chi connectivity index (χ3n) is 16.1. The Labute approximate surface area is 474 Å². The van der Waals surface area contributed by atoms with E-state index in [-0.39, 0.29) is 13.2 Å². The second-order valence-electron chi connectivity index (χ2n) is 21.5. The van der Waals surface area contributed by atoms with Gasteiger partial charge in [-0.15, -0.1) is 4.52 Å². The number of piperazine rings is 1. The monoisotopic (exact) mass is 1230 g/mol. The average Bonchev–Trinajstić information content (AvgIpc) is 4.43. The maximum atomic E-state index is 7.53. The van der Waals surface area contributed by atoms with Crippen LogP contribution in [-0.2, 0) is 46.5 Å². The van der Waals surface area contributed by atoms with E-state index >= 15 is 0 Å². The van der Waals surface area contributed by atoms with E-state index < -0.39 is 45.4 Å². The standard InChI is InChI=1S/C50H87N13O11P6/c1-2-14-49-47-50(16-15-48(49)13-1)74-80-54-76(59-21-7-8-22-59,60-23-9-10-24-60)53-79(56-80,72-45-41-68-37-33-65-34-38-69-42-46-73-80)63-29-27-62(28-30-63)78-52-75(57-17-3-4-18-57,58-19-5-6-20-58)51-77(55-78,61-25-11-12-26-61)70-43-39-66-35-31-64-32-36-67-40-44-71-78/h1-2,13-16,47H,3-12,17-46H2. The molecule has 2 aromatic rings. The highest BCUT2D eigenvalue weighted by Gasteiger charge is 2.54. The van der Waals surface area contributed by atoms with Crippen molar-refractivity contribution in [3.05, 3.63) is 42.5 Å². The molecule has 0 N–H and O–H groups in total. The van der Waals surface area contributed by atoms with E-state index in [4.69, 9.17) is 78.1 Å². The van der Waals surface area contributed by atoms with E-state index in [1.807, 2.05) is 6.07 Å². The van der Waals surface area contributed by atoms with Crippen LogP contribution in [-0.4, -0.2) is 230 Å². The summed E-state index contributed by atoms with van der Waals surface area (Å²) in [4.78, 5) is 0. The molecule has 4 unspecified atom stereocenters. The number of rotatable bonds is 9. The van der Waals surface area contributed by atoms with Crippen molar-refractivity contribution in [2.75, 3.05) is 197 Å². The molecule has 10 aliphatic heterocycles. The van der Waals surface area contributed by atoms with Crippen molar-refractivity contribution in [1.82, 2.24) is 32.7 Å². The van der Waals surface area contributed by atoms with Gasteiger partial charge in [-0.1, -0.05) is 30.3 Å². The van der Waals surface area contributed by atoms with Crippen molar-refractivity contribution in [2.45, 2.75) is 64.2 Å². The largest absolute Gasteiger partial charge is 0.422 e. The summed E-state index contributed by atoms with van der Waals surface area (Å²) in [5.74, 6) is 0.646. The highest BCUT2D eigenvalue weighted by Crippen LogP contribution is 2.85. The summed E-state index contributed by atoms with van der Waals surface area (Å²) in [5.41, 5.74) is 0. The van der Waals surface area contributed by atoms with Crippen LogP contribution < -0.4 is 4.52 Å². The number of hydrogen-bond acceptors (Lipinski definition) is 24. The summed E-state index contributed by atoms with van der Waals surface area (Å²) in [6.07, 6.45) is 10.8. The fraction of sp³-hybridized carbons (Fsp3) is 0.800. The van der Waals surface area contributed by atoms with E-state index in [1.54, 1.807) is 0 Å². The van der Waals surface area contributed by atoms with Gasteiger partial charge in [0.2, 0.25) is 15.0 Å². The molecule has 0 radical (unpaired) electrons. The molecule has 12 rings (SSSR count). The Balaban J connectivity index is 1.00. The molecule has 0 aromatic heterocycles. The highest BCUT2D eigenvalue weighted by atomic mass is 31.3. The summed E-state index contributed by atoms with van der Waals surface area (Å²) in [7, 11) is -19.3. The molecule has 0 saturated carbocycles. The molecule has 0 spiro atoms. The summed E-state index contributed by atoms with van der Waals surface area (Å²) >= 11 is 0. The Hall–Kier alpha value is -0.800. The Morgan fingerprint density at radius 1 is 0.300 bits per heavy atom. The molecule has 10 aliphatic rings. The van der Waals surface area contributed by atoms with Crippen molar-refractivity contribution in [3.63, 3.8) is 0 Å². The Kier molecular flexibility index (Phi) is 20.8. The van der Waals surface area contributed by atoms with Crippen LogP contribution in [0.25, 0.3) is 10.8 Å². The normalized spacial score (nSPS) is 34.4. The Bertz CT molecular complexity index is 2710. The van der Waals surface area contributed by atoms with Crippen molar-refractivity contribution in [3.8, 4) is 5.75 Å². The summed E-state index contributed by atoms with van der Waals surface area (Å²) in [6.45, 7) is 17.4. The van der Waals surface area contributed by atoms with Gasteiger partial charge in [-0.25, -0.2) is 32.7 Å². The SMILES string of the molecule is c1ccc2cc(OP34=NP(N5CCCC5)(N5CCCC5)=NP(N5CCN(P67=NP(N8CCCC8)(N8CCCC8)=NP(N8CCCC8)(=N6)OCCOCCOCCOCCO7)CC5)(=N3)OCCOCCOCCOCCO4)ccc2c1. The van der Waals surface area contributed by atoms with Gasteiger partial charge < -0.3 is 46.5 Å². The van der Waals surface area contributed by atoms with E-state index in [9.17, 15) is 0 Å².